The summed E-state index contributed by atoms with van der Waals surface area (Å²) in [4.78, 5) is 0. The number of nitrogen functional groups attached to an aromatic ring is 1. The average molecular weight is 354 g/mol. The lowest BCUT2D eigenvalue weighted by atomic mass is 10.2. The Morgan fingerprint density at radius 1 is 0.958 bits per heavy atom. The number of nitrogens with zero attached hydrogens (tertiary/aromatic N) is 4. The third-order valence-corrected chi connectivity index (χ3v) is 4.77. The molecule has 2 aromatic carbocycles. The number of anilines is 1. The second-order valence-electron chi connectivity index (χ2n) is 5.10. The predicted octanol–water partition coefficient (Wildman–Crippen LogP) is 4.29. The summed E-state index contributed by atoms with van der Waals surface area (Å²) in [5, 5.41) is 14.9. The minimum atomic E-state index is 0.510. The predicted molar refractivity (Wildman–Crippen MR) is 97.3 cm³/mol. The van der Waals surface area contributed by atoms with Gasteiger partial charge in [-0.3, -0.25) is 0 Å². The second kappa shape index (κ2) is 6.07. The van der Waals surface area contributed by atoms with Crippen LogP contribution in [0.15, 0.2) is 60.7 Å². The SMILES string of the molecule is Nc1cc(-c2ccccc2)nn1-c1nnc(-c2ccccc2Cl)s1. The van der Waals surface area contributed by atoms with Crippen LogP contribution >= 0.6 is 22.9 Å². The van der Waals surface area contributed by atoms with E-state index in [2.05, 4.69) is 15.3 Å². The molecule has 5 nitrogen and oxygen atoms in total. The fourth-order valence-corrected chi connectivity index (χ4v) is 3.48. The molecule has 0 aliphatic carbocycles. The molecule has 0 aliphatic heterocycles. The zero-order chi connectivity index (χ0) is 16.5. The molecule has 7 heteroatoms. The third kappa shape index (κ3) is 2.66. The summed E-state index contributed by atoms with van der Waals surface area (Å²) >= 11 is 7.61. The molecule has 0 saturated heterocycles. The van der Waals surface area contributed by atoms with Crippen LogP contribution in [0.1, 0.15) is 0 Å². The smallest absolute Gasteiger partial charge is 0.235 e. The number of nitrogens with two attached hydrogens (primary N) is 1. The van der Waals surface area contributed by atoms with Gasteiger partial charge in [-0.15, -0.1) is 10.2 Å². The van der Waals surface area contributed by atoms with E-state index < -0.39 is 0 Å². The Labute approximate surface area is 147 Å². The maximum Gasteiger partial charge on any atom is 0.235 e. The fraction of sp³-hybridized carbons (Fsp3) is 0. The molecule has 0 spiro atoms. The number of aromatic nitrogens is 4. The van der Waals surface area contributed by atoms with E-state index in [1.807, 2.05) is 60.7 Å². The molecule has 2 heterocycles. The number of benzene rings is 2. The normalized spacial score (nSPS) is 10.9. The topological polar surface area (TPSA) is 69.6 Å². The molecule has 2 N–H and O–H groups in total. The molecule has 0 aliphatic rings. The molecule has 4 aromatic rings. The van der Waals surface area contributed by atoms with E-state index in [0.29, 0.717) is 16.0 Å². The van der Waals surface area contributed by atoms with Crippen LogP contribution < -0.4 is 5.73 Å². The molecule has 118 valence electrons. The molecule has 24 heavy (non-hydrogen) atoms. The Morgan fingerprint density at radius 2 is 1.71 bits per heavy atom. The first-order valence-electron chi connectivity index (χ1n) is 7.22. The van der Waals surface area contributed by atoms with Crippen molar-refractivity contribution in [3.05, 3.63) is 65.7 Å². The van der Waals surface area contributed by atoms with E-state index in [4.69, 9.17) is 17.3 Å². The number of hydrogen-bond donors (Lipinski definition) is 1. The molecule has 4 rings (SSSR count). The first-order valence-corrected chi connectivity index (χ1v) is 8.41. The lowest BCUT2D eigenvalue weighted by molar-refractivity contribution is 0.859. The minimum Gasteiger partial charge on any atom is -0.383 e. The van der Waals surface area contributed by atoms with Crippen molar-refractivity contribution in [3.63, 3.8) is 0 Å². The Kier molecular flexibility index (Phi) is 3.76. The Morgan fingerprint density at radius 3 is 2.50 bits per heavy atom. The van der Waals surface area contributed by atoms with Crippen LogP contribution in [-0.4, -0.2) is 20.0 Å². The van der Waals surface area contributed by atoms with Crippen molar-refractivity contribution in [2.45, 2.75) is 0 Å². The molecule has 2 aromatic heterocycles. The van der Waals surface area contributed by atoms with E-state index in [1.54, 1.807) is 4.68 Å². The molecule has 0 unspecified atom stereocenters. The van der Waals surface area contributed by atoms with Gasteiger partial charge in [0, 0.05) is 17.2 Å². The van der Waals surface area contributed by atoms with Crippen molar-refractivity contribution < 1.29 is 0 Å². The van der Waals surface area contributed by atoms with Crippen LogP contribution in [0.3, 0.4) is 0 Å². The Hall–Kier alpha value is -2.70. The van der Waals surface area contributed by atoms with Crippen molar-refractivity contribution in [3.8, 4) is 27.0 Å². The number of rotatable bonds is 3. The molecular weight excluding hydrogens is 342 g/mol. The molecule has 0 bridgehead atoms. The molecule has 0 amide bonds. The van der Waals surface area contributed by atoms with E-state index in [-0.39, 0.29) is 0 Å². The summed E-state index contributed by atoms with van der Waals surface area (Å²) in [6.07, 6.45) is 0. The highest BCUT2D eigenvalue weighted by Crippen LogP contribution is 2.32. The van der Waals surface area contributed by atoms with Crippen LogP contribution in [0.4, 0.5) is 5.82 Å². The number of halogens is 1. The van der Waals surface area contributed by atoms with Gasteiger partial charge in [-0.25, -0.2) is 0 Å². The van der Waals surface area contributed by atoms with Crippen LogP contribution in [0.25, 0.3) is 27.0 Å². The van der Waals surface area contributed by atoms with Crippen molar-refractivity contribution in [2.75, 3.05) is 5.73 Å². The van der Waals surface area contributed by atoms with Crippen molar-refractivity contribution >= 4 is 28.8 Å². The summed E-state index contributed by atoms with van der Waals surface area (Å²) in [5.74, 6) is 0.510. The van der Waals surface area contributed by atoms with Gasteiger partial charge < -0.3 is 5.73 Å². The van der Waals surface area contributed by atoms with Crippen LogP contribution in [0.2, 0.25) is 5.02 Å². The maximum absolute atomic E-state index is 6.22. The quantitative estimate of drug-likeness (QED) is 0.596. The van der Waals surface area contributed by atoms with E-state index in [1.165, 1.54) is 11.3 Å². The lowest BCUT2D eigenvalue weighted by Gasteiger charge is -1.98. The zero-order valence-electron chi connectivity index (χ0n) is 12.4. The summed E-state index contributed by atoms with van der Waals surface area (Å²) < 4.78 is 1.60. The van der Waals surface area contributed by atoms with Crippen molar-refractivity contribution in [1.82, 2.24) is 20.0 Å². The maximum atomic E-state index is 6.22. The Bertz CT molecular complexity index is 993. The van der Waals surface area contributed by atoms with Crippen LogP contribution in [0, 0.1) is 0 Å². The highest BCUT2D eigenvalue weighted by molar-refractivity contribution is 7.17. The first kappa shape index (κ1) is 14.9. The molecular formula is C17H12ClN5S. The van der Waals surface area contributed by atoms with Gasteiger partial charge in [0.1, 0.15) is 5.82 Å². The largest absolute Gasteiger partial charge is 0.383 e. The third-order valence-electron chi connectivity index (χ3n) is 3.51. The molecule has 0 atom stereocenters. The van der Waals surface area contributed by atoms with Gasteiger partial charge in [-0.1, -0.05) is 71.5 Å². The van der Waals surface area contributed by atoms with Crippen molar-refractivity contribution in [2.24, 2.45) is 0 Å². The highest BCUT2D eigenvalue weighted by Gasteiger charge is 2.15. The summed E-state index contributed by atoms with van der Waals surface area (Å²) in [6, 6.07) is 19.2. The van der Waals surface area contributed by atoms with Gasteiger partial charge in [0.2, 0.25) is 5.13 Å². The van der Waals surface area contributed by atoms with E-state index >= 15 is 0 Å². The highest BCUT2D eigenvalue weighted by atomic mass is 35.5. The van der Waals surface area contributed by atoms with Gasteiger partial charge in [0.25, 0.3) is 0 Å². The minimum absolute atomic E-state index is 0.510. The summed E-state index contributed by atoms with van der Waals surface area (Å²) in [5.41, 5.74) is 8.74. The fourth-order valence-electron chi connectivity index (χ4n) is 2.34. The van der Waals surface area contributed by atoms with Crippen molar-refractivity contribution in [1.29, 1.82) is 0 Å². The lowest BCUT2D eigenvalue weighted by Crippen LogP contribution is -2.01. The summed E-state index contributed by atoms with van der Waals surface area (Å²) in [7, 11) is 0. The molecule has 0 radical (unpaired) electrons. The molecule has 0 saturated carbocycles. The van der Waals surface area contributed by atoms with E-state index in [0.717, 1.165) is 21.8 Å². The number of hydrogen-bond acceptors (Lipinski definition) is 5. The molecule has 0 fully saturated rings. The summed E-state index contributed by atoms with van der Waals surface area (Å²) in [6.45, 7) is 0. The monoisotopic (exact) mass is 353 g/mol. The standard InChI is InChI=1S/C17H12ClN5S/c18-13-9-5-4-8-12(13)16-20-21-17(24-16)23-15(19)10-14(22-23)11-6-2-1-3-7-11/h1-10H,19H2. The Balaban J connectivity index is 1.73. The van der Waals surface area contributed by atoms with Crippen LogP contribution in [-0.2, 0) is 0 Å². The van der Waals surface area contributed by atoms with Crippen LogP contribution in [0.5, 0.6) is 0 Å². The first-order chi connectivity index (χ1) is 11.7. The van der Waals surface area contributed by atoms with Gasteiger partial charge >= 0.3 is 0 Å². The second-order valence-corrected chi connectivity index (χ2v) is 6.47. The van der Waals surface area contributed by atoms with Gasteiger partial charge in [0.15, 0.2) is 5.01 Å². The van der Waals surface area contributed by atoms with E-state index in [9.17, 15) is 0 Å². The van der Waals surface area contributed by atoms with Gasteiger partial charge in [0.05, 0.1) is 10.7 Å². The van der Waals surface area contributed by atoms with Gasteiger partial charge in [-0.2, -0.15) is 9.78 Å². The van der Waals surface area contributed by atoms with Gasteiger partial charge in [-0.05, 0) is 6.07 Å². The average Bonchev–Trinajstić information content (AvgIpc) is 3.23. The zero-order valence-corrected chi connectivity index (χ0v) is 14.0.